The van der Waals surface area contributed by atoms with E-state index in [9.17, 15) is 0 Å². The van der Waals surface area contributed by atoms with Gasteiger partial charge in [0.1, 0.15) is 16.8 Å². The van der Waals surface area contributed by atoms with Crippen LogP contribution in [0.15, 0.2) is 186 Å². The van der Waals surface area contributed by atoms with Crippen LogP contribution < -0.4 is 0 Å². The van der Waals surface area contributed by atoms with Crippen LogP contribution in [0.5, 0.6) is 0 Å². The van der Waals surface area contributed by atoms with Gasteiger partial charge in [-0.3, -0.25) is 0 Å². The lowest BCUT2D eigenvalue weighted by Crippen LogP contribution is -2.00. The van der Waals surface area contributed by atoms with Gasteiger partial charge >= 0.3 is 0 Å². The summed E-state index contributed by atoms with van der Waals surface area (Å²) in [5.74, 6) is 2.45. The molecule has 262 valence electrons. The van der Waals surface area contributed by atoms with Crippen LogP contribution in [0.3, 0.4) is 0 Å². The van der Waals surface area contributed by atoms with Gasteiger partial charge in [-0.25, -0.2) is 24.9 Å². The Hall–Kier alpha value is -7.77. The van der Waals surface area contributed by atoms with E-state index >= 15 is 0 Å². The second-order valence-electron chi connectivity index (χ2n) is 13.7. The summed E-state index contributed by atoms with van der Waals surface area (Å²) < 4.78 is 8.84. The molecule has 56 heavy (non-hydrogen) atoms. The third-order valence-corrected chi connectivity index (χ3v) is 10.3. The van der Waals surface area contributed by atoms with E-state index in [1.54, 1.807) is 0 Å². The normalized spacial score (nSPS) is 11.6. The molecular weight excluding hydrogens is 689 g/mol. The molecule has 0 fully saturated rings. The number of para-hydroxylation sites is 3. The van der Waals surface area contributed by atoms with Crippen LogP contribution in [0.25, 0.3) is 106 Å². The highest BCUT2D eigenvalue weighted by atomic mass is 16.3. The molecule has 4 heterocycles. The molecule has 0 saturated carbocycles. The minimum atomic E-state index is 0.586. The van der Waals surface area contributed by atoms with Crippen molar-refractivity contribution in [2.75, 3.05) is 0 Å². The van der Waals surface area contributed by atoms with Gasteiger partial charge in [0.2, 0.25) is 0 Å². The average molecular weight is 719 g/mol. The summed E-state index contributed by atoms with van der Waals surface area (Å²) in [4.78, 5) is 25.3. The van der Waals surface area contributed by atoms with Crippen LogP contribution in [-0.2, 0) is 0 Å². The minimum absolute atomic E-state index is 0.586. The molecule has 0 spiro atoms. The molecule has 0 saturated heterocycles. The van der Waals surface area contributed by atoms with Gasteiger partial charge in [0, 0.05) is 49.7 Å². The molecule has 7 heteroatoms. The topological polar surface area (TPSA) is 82.5 Å². The number of rotatable bonds is 6. The van der Waals surface area contributed by atoms with E-state index in [1.165, 1.54) is 0 Å². The largest absolute Gasteiger partial charge is 0.452 e. The van der Waals surface area contributed by atoms with Crippen molar-refractivity contribution >= 4 is 43.9 Å². The van der Waals surface area contributed by atoms with Crippen molar-refractivity contribution in [1.29, 1.82) is 0 Å². The molecule has 0 aliphatic heterocycles. The van der Waals surface area contributed by atoms with E-state index in [-0.39, 0.29) is 0 Å². The maximum Gasteiger partial charge on any atom is 0.180 e. The number of aromatic nitrogens is 6. The zero-order chi connectivity index (χ0) is 37.0. The highest BCUT2D eigenvalue weighted by molar-refractivity contribution is 6.16. The summed E-state index contributed by atoms with van der Waals surface area (Å²) >= 11 is 0. The number of nitrogens with zero attached hydrogens (tertiary/aromatic N) is 6. The number of fused-ring (bicyclic) bond motifs is 6. The van der Waals surface area contributed by atoms with Crippen LogP contribution in [0.4, 0.5) is 0 Å². The van der Waals surface area contributed by atoms with E-state index in [2.05, 4.69) is 89.5 Å². The second kappa shape index (κ2) is 13.0. The van der Waals surface area contributed by atoms with Crippen LogP contribution in [-0.4, -0.2) is 29.5 Å². The Bertz CT molecular complexity index is 3170. The molecule has 0 bridgehead atoms. The lowest BCUT2D eigenvalue weighted by Gasteiger charge is -2.10. The molecule has 11 aromatic rings. The minimum Gasteiger partial charge on any atom is -0.452 e. The van der Waals surface area contributed by atoms with E-state index in [4.69, 9.17) is 29.3 Å². The van der Waals surface area contributed by atoms with Gasteiger partial charge in [-0.15, -0.1) is 0 Å². The van der Waals surface area contributed by atoms with E-state index in [0.29, 0.717) is 34.6 Å². The Morgan fingerprint density at radius 3 is 1.59 bits per heavy atom. The highest BCUT2D eigenvalue weighted by Crippen LogP contribution is 2.41. The fourth-order valence-corrected chi connectivity index (χ4v) is 7.68. The van der Waals surface area contributed by atoms with Crippen molar-refractivity contribution in [2.45, 2.75) is 0 Å². The van der Waals surface area contributed by atoms with Gasteiger partial charge in [0.15, 0.2) is 28.9 Å². The smallest absolute Gasteiger partial charge is 0.180 e. The molecule has 0 aliphatic carbocycles. The zero-order valence-corrected chi connectivity index (χ0v) is 29.9. The average Bonchev–Trinajstić information content (AvgIpc) is 3.83. The summed E-state index contributed by atoms with van der Waals surface area (Å²) in [6.07, 6.45) is 0. The molecule has 4 aromatic heterocycles. The zero-order valence-electron chi connectivity index (χ0n) is 29.9. The summed E-state index contributed by atoms with van der Waals surface area (Å²) in [5, 5.41) is 3.17. The van der Waals surface area contributed by atoms with Crippen molar-refractivity contribution in [2.24, 2.45) is 0 Å². The SMILES string of the molecule is c1ccc(-c2nc(-c3ccccc3)nc(-c3ccc(-c4nc(-c5cccc6c5c5ccccc5n6-c5ccccc5)nc5c4oc4ccccc45)cc3)n2)cc1. The first-order valence-corrected chi connectivity index (χ1v) is 18.5. The molecule has 11 rings (SSSR count). The Balaban J connectivity index is 1.10. The van der Waals surface area contributed by atoms with Gasteiger partial charge in [-0.05, 0) is 36.4 Å². The lowest BCUT2D eigenvalue weighted by molar-refractivity contribution is 0.667. The van der Waals surface area contributed by atoms with Crippen molar-refractivity contribution in [3.8, 4) is 62.5 Å². The maximum absolute atomic E-state index is 6.53. The first-order chi connectivity index (χ1) is 27.8. The molecule has 0 aliphatic rings. The third kappa shape index (κ3) is 5.25. The van der Waals surface area contributed by atoms with E-state index in [0.717, 1.165) is 71.8 Å². The summed E-state index contributed by atoms with van der Waals surface area (Å²) in [6.45, 7) is 0. The first kappa shape index (κ1) is 31.7. The summed E-state index contributed by atoms with van der Waals surface area (Å²) in [5.41, 5.74) is 10.7. The third-order valence-electron chi connectivity index (χ3n) is 10.3. The number of hydrogen-bond acceptors (Lipinski definition) is 6. The number of hydrogen-bond donors (Lipinski definition) is 0. The van der Waals surface area contributed by atoms with Crippen LogP contribution in [0.1, 0.15) is 0 Å². The van der Waals surface area contributed by atoms with Gasteiger partial charge in [0.25, 0.3) is 0 Å². The second-order valence-corrected chi connectivity index (χ2v) is 13.7. The molecule has 0 atom stereocenters. The van der Waals surface area contributed by atoms with Crippen LogP contribution in [0.2, 0.25) is 0 Å². The van der Waals surface area contributed by atoms with Crippen molar-refractivity contribution in [3.63, 3.8) is 0 Å². The highest BCUT2D eigenvalue weighted by Gasteiger charge is 2.22. The molecule has 7 aromatic carbocycles. The summed E-state index contributed by atoms with van der Waals surface area (Å²) in [7, 11) is 0. The Kier molecular flexibility index (Phi) is 7.35. The predicted octanol–water partition coefficient (Wildman–Crippen LogP) is 12.0. The molecule has 0 radical (unpaired) electrons. The van der Waals surface area contributed by atoms with E-state index in [1.807, 2.05) is 97.1 Å². The van der Waals surface area contributed by atoms with Gasteiger partial charge in [-0.2, -0.15) is 0 Å². The Morgan fingerprint density at radius 1 is 0.375 bits per heavy atom. The molecule has 7 nitrogen and oxygen atoms in total. The molecule has 0 N–H and O–H groups in total. The quantitative estimate of drug-likeness (QED) is 0.170. The van der Waals surface area contributed by atoms with Crippen LogP contribution in [0, 0.1) is 0 Å². The predicted molar refractivity (Wildman–Crippen MR) is 224 cm³/mol. The molecule has 0 unspecified atom stereocenters. The fourth-order valence-electron chi connectivity index (χ4n) is 7.68. The van der Waals surface area contributed by atoms with Crippen molar-refractivity contribution in [3.05, 3.63) is 182 Å². The van der Waals surface area contributed by atoms with Crippen LogP contribution >= 0.6 is 0 Å². The summed E-state index contributed by atoms with van der Waals surface area (Å²) in [6, 6.07) is 61.6. The maximum atomic E-state index is 6.53. The van der Waals surface area contributed by atoms with Crippen molar-refractivity contribution < 1.29 is 4.42 Å². The molecular formula is C49H30N6O. The standard InChI is InChI=1S/C49H30N6O/c1-4-15-32(16-5-1)46-52-47(33-17-6-2-7-18-33)54-48(53-46)34-29-27-31(28-30-34)43-45-44(37-22-11-13-26-41(37)56-45)51-49(50-43)38-23-14-25-40-42(38)36-21-10-12-24-39(36)55(40)35-19-8-3-9-20-35/h1-30H. The van der Waals surface area contributed by atoms with Crippen molar-refractivity contribution in [1.82, 2.24) is 29.5 Å². The number of benzene rings is 7. The Morgan fingerprint density at radius 2 is 0.911 bits per heavy atom. The molecule has 0 amide bonds. The van der Waals surface area contributed by atoms with Gasteiger partial charge in [0.05, 0.1) is 11.0 Å². The monoisotopic (exact) mass is 718 g/mol. The lowest BCUT2D eigenvalue weighted by atomic mass is 10.0. The Labute approximate surface area is 321 Å². The van der Waals surface area contributed by atoms with Gasteiger partial charge < -0.3 is 8.98 Å². The fraction of sp³-hybridized carbons (Fsp3) is 0. The number of furan rings is 1. The van der Waals surface area contributed by atoms with E-state index < -0.39 is 0 Å². The first-order valence-electron chi connectivity index (χ1n) is 18.5. The van der Waals surface area contributed by atoms with Gasteiger partial charge in [-0.1, -0.05) is 146 Å².